The molecule has 0 amide bonds. The number of nitrogens with zero attached hydrogens (tertiary/aromatic N) is 3. The molecule has 0 aliphatic carbocycles. The van der Waals surface area contributed by atoms with Gasteiger partial charge in [-0.25, -0.2) is 14.4 Å². The maximum absolute atomic E-state index is 13.6. The van der Waals surface area contributed by atoms with Crippen LogP contribution in [0.25, 0.3) is 34.0 Å². The van der Waals surface area contributed by atoms with E-state index in [-0.39, 0.29) is 11.8 Å². The summed E-state index contributed by atoms with van der Waals surface area (Å²) < 4.78 is 19.4. The number of rotatable bonds is 6. The van der Waals surface area contributed by atoms with Crippen molar-refractivity contribution in [1.29, 1.82) is 0 Å². The van der Waals surface area contributed by atoms with E-state index in [0.717, 1.165) is 11.1 Å². The first-order chi connectivity index (χ1) is 16.2. The summed E-state index contributed by atoms with van der Waals surface area (Å²) in [5.74, 6) is 1.04. The summed E-state index contributed by atoms with van der Waals surface area (Å²) in [7, 11) is 0. The van der Waals surface area contributed by atoms with Gasteiger partial charge in [0.25, 0.3) is 0 Å². The summed E-state index contributed by atoms with van der Waals surface area (Å²) in [6.07, 6.45) is 3.68. The van der Waals surface area contributed by atoms with E-state index >= 15 is 0 Å². The van der Waals surface area contributed by atoms with Crippen LogP contribution in [0.2, 0.25) is 0 Å². The van der Waals surface area contributed by atoms with Crippen molar-refractivity contribution in [2.75, 3.05) is 6.26 Å². The van der Waals surface area contributed by atoms with Crippen LogP contribution in [-0.2, 0) is 0 Å². The van der Waals surface area contributed by atoms with Gasteiger partial charge < -0.3 is 9.72 Å². The van der Waals surface area contributed by atoms with Crippen molar-refractivity contribution in [2.24, 2.45) is 0 Å². The first-order valence-corrected chi connectivity index (χ1v) is 11.5. The molecule has 0 saturated heterocycles. The third-order valence-electron chi connectivity index (χ3n) is 5.03. The van der Waals surface area contributed by atoms with E-state index < -0.39 is 0 Å². The van der Waals surface area contributed by atoms with Crippen molar-refractivity contribution in [2.45, 2.75) is 4.90 Å². The fourth-order valence-corrected chi connectivity index (χ4v) is 3.79. The lowest BCUT2D eigenvalue weighted by atomic mass is 10.1. The topological polar surface area (TPSA) is 63.7 Å². The minimum Gasteiger partial charge on any atom is -0.424 e. The molecule has 0 fully saturated rings. The zero-order valence-corrected chi connectivity index (χ0v) is 18.5. The van der Waals surface area contributed by atoms with E-state index in [1.54, 1.807) is 36.2 Å². The molecule has 0 aliphatic heterocycles. The van der Waals surface area contributed by atoms with Gasteiger partial charge in [-0.15, -0.1) is 11.8 Å². The highest BCUT2D eigenvalue weighted by atomic mass is 32.2. The van der Waals surface area contributed by atoms with Crippen molar-refractivity contribution >= 4 is 11.8 Å². The summed E-state index contributed by atoms with van der Waals surface area (Å²) in [5.41, 5.74) is 3.71. The number of halogens is 1. The first kappa shape index (κ1) is 20.9. The third kappa shape index (κ3) is 4.63. The zero-order valence-electron chi connectivity index (χ0n) is 17.7. The molecule has 0 bridgehead atoms. The van der Waals surface area contributed by atoms with Crippen molar-refractivity contribution in [3.63, 3.8) is 0 Å². The van der Waals surface area contributed by atoms with E-state index in [1.165, 1.54) is 17.0 Å². The molecule has 0 radical (unpaired) electrons. The summed E-state index contributed by atoms with van der Waals surface area (Å²) >= 11 is 1.68. The summed E-state index contributed by atoms with van der Waals surface area (Å²) in [6, 6.07) is 25.8. The van der Waals surface area contributed by atoms with Gasteiger partial charge in [-0.1, -0.05) is 30.3 Å². The molecule has 1 N–H and O–H groups in total. The first-order valence-electron chi connectivity index (χ1n) is 10.3. The Morgan fingerprint density at radius 1 is 0.818 bits per heavy atom. The number of aromatic amines is 1. The Balaban J connectivity index is 1.58. The number of imidazole rings is 1. The average molecular weight is 455 g/mol. The number of thioether (sulfide) groups is 1. The predicted molar refractivity (Wildman–Crippen MR) is 129 cm³/mol. The molecule has 7 heteroatoms. The number of ether oxygens (including phenoxy) is 1. The summed E-state index contributed by atoms with van der Waals surface area (Å²) in [5, 5.41) is 0. The van der Waals surface area contributed by atoms with Crippen LogP contribution in [0.5, 0.6) is 11.8 Å². The molecule has 33 heavy (non-hydrogen) atoms. The number of aromatic nitrogens is 4. The number of benzene rings is 3. The number of para-hydroxylation sites is 1. The second kappa shape index (κ2) is 9.26. The van der Waals surface area contributed by atoms with E-state index in [2.05, 4.69) is 27.1 Å². The fraction of sp³-hybridized carbons (Fsp3) is 0.0385. The quantitative estimate of drug-likeness (QED) is 0.284. The molecule has 2 aromatic heterocycles. The molecule has 5 nitrogen and oxygen atoms in total. The summed E-state index contributed by atoms with van der Waals surface area (Å²) in [4.78, 5) is 18.2. The second-order valence-corrected chi connectivity index (χ2v) is 8.06. The largest absolute Gasteiger partial charge is 0.424 e. The lowest BCUT2D eigenvalue weighted by molar-refractivity contribution is 0.442. The predicted octanol–water partition coefficient (Wildman–Crippen LogP) is 6.85. The van der Waals surface area contributed by atoms with E-state index in [9.17, 15) is 4.39 Å². The normalized spacial score (nSPS) is 10.8. The molecule has 0 spiro atoms. The van der Waals surface area contributed by atoms with Gasteiger partial charge in [0.05, 0.1) is 17.1 Å². The Bertz CT molecular complexity index is 1370. The Morgan fingerprint density at radius 2 is 1.55 bits per heavy atom. The van der Waals surface area contributed by atoms with Crippen LogP contribution in [-0.4, -0.2) is 26.2 Å². The minimum absolute atomic E-state index is 0.226. The molecule has 0 unspecified atom stereocenters. The van der Waals surface area contributed by atoms with Gasteiger partial charge in [0.1, 0.15) is 17.4 Å². The van der Waals surface area contributed by atoms with Gasteiger partial charge in [-0.3, -0.25) is 0 Å². The van der Waals surface area contributed by atoms with E-state index in [4.69, 9.17) is 9.72 Å². The number of H-pyrrole nitrogens is 1. The molecule has 5 rings (SSSR count). The molecule has 0 aliphatic rings. The van der Waals surface area contributed by atoms with E-state index in [1.807, 2.05) is 48.7 Å². The molecule has 0 saturated carbocycles. The SMILES string of the molecule is CSc1ccc(-c2nc(-c3ccc(F)cc3)c(-c3ccnc(Oc4ccccc4)n3)[nH]2)cc1. The highest BCUT2D eigenvalue weighted by Gasteiger charge is 2.17. The number of nitrogens with one attached hydrogen (secondary N) is 1. The third-order valence-corrected chi connectivity index (χ3v) is 5.77. The van der Waals surface area contributed by atoms with Crippen molar-refractivity contribution < 1.29 is 9.13 Å². The van der Waals surface area contributed by atoms with Crippen LogP contribution in [0.15, 0.2) is 96.0 Å². The van der Waals surface area contributed by atoms with Gasteiger partial charge >= 0.3 is 6.01 Å². The van der Waals surface area contributed by atoms with Crippen LogP contribution >= 0.6 is 11.8 Å². The monoisotopic (exact) mass is 454 g/mol. The van der Waals surface area contributed by atoms with Crippen LogP contribution in [0.3, 0.4) is 0 Å². The highest BCUT2D eigenvalue weighted by molar-refractivity contribution is 7.98. The Kier molecular flexibility index (Phi) is 5.87. The molecule has 3 aromatic carbocycles. The van der Waals surface area contributed by atoms with Crippen molar-refractivity contribution in [3.05, 3.63) is 96.9 Å². The molecule has 5 aromatic rings. The number of hydrogen-bond acceptors (Lipinski definition) is 5. The van der Waals surface area contributed by atoms with Gasteiger partial charge in [0.15, 0.2) is 0 Å². The molecule has 162 valence electrons. The lowest BCUT2D eigenvalue weighted by Gasteiger charge is -2.06. The van der Waals surface area contributed by atoms with Gasteiger partial charge in [0.2, 0.25) is 0 Å². The van der Waals surface area contributed by atoms with Crippen LogP contribution in [0, 0.1) is 5.82 Å². The average Bonchev–Trinajstić information content (AvgIpc) is 3.31. The highest BCUT2D eigenvalue weighted by Crippen LogP contribution is 2.33. The lowest BCUT2D eigenvalue weighted by Crippen LogP contribution is -1.94. The van der Waals surface area contributed by atoms with Crippen molar-refractivity contribution in [3.8, 4) is 45.8 Å². The Labute approximate surface area is 194 Å². The molecular weight excluding hydrogens is 435 g/mol. The molecule has 0 atom stereocenters. The van der Waals surface area contributed by atoms with Crippen LogP contribution < -0.4 is 4.74 Å². The molecule has 2 heterocycles. The Morgan fingerprint density at radius 3 is 2.27 bits per heavy atom. The van der Waals surface area contributed by atoms with Gasteiger partial charge in [0, 0.05) is 22.2 Å². The van der Waals surface area contributed by atoms with Gasteiger partial charge in [-0.2, -0.15) is 4.98 Å². The van der Waals surface area contributed by atoms with E-state index in [0.29, 0.717) is 28.7 Å². The summed E-state index contributed by atoms with van der Waals surface area (Å²) in [6.45, 7) is 0. The zero-order chi connectivity index (χ0) is 22.6. The maximum Gasteiger partial charge on any atom is 0.322 e. The number of hydrogen-bond donors (Lipinski definition) is 1. The van der Waals surface area contributed by atoms with Crippen molar-refractivity contribution in [1.82, 2.24) is 19.9 Å². The fourth-order valence-electron chi connectivity index (χ4n) is 3.38. The standard InChI is InChI=1S/C26H19FN4OS/c1-33-21-13-9-18(10-14-21)25-30-23(17-7-11-19(27)12-8-17)24(31-25)22-15-16-28-26(29-22)32-20-5-3-2-4-6-20/h2-16H,1H3,(H,30,31). The Hall–Kier alpha value is -3.97. The minimum atomic E-state index is -0.302. The molecular formula is C26H19FN4OS. The van der Waals surface area contributed by atoms with Crippen LogP contribution in [0.4, 0.5) is 4.39 Å². The second-order valence-electron chi connectivity index (χ2n) is 7.18. The van der Waals surface area contributed by atoms with Crippen LogP contribution in [0.1, 0.15) is 0 Å². The van der Waals surface area contributed by atoms with Gasteiger partial charge in [-0.05, 0) is 60.9 Å². The smallest absolute Gasteiger partial charge is 0.322 e. The maximum atomic E-state index is 13.6.